The van der Waals surface area contributed by atoms with Gasteiger partial charge in [-0.3, -0.25) is 29.1 Å². The number of carbonyl (C=O) groups excluding carboxylic acids is 3. The minimum atomic E-state index is -0.639. The maximum Gasteiger partial charge on any atom is 0.262 e. The van der Waals surface area contributed by atoms with E-state index >= 15 is 0 Å². The number of nitrogens with one attached hydrogen (secondary N) is 2. The maximum atomic E-state index is 12.5. The molecule has 1 aliphatic rings. The van der Waals surface area contributed by atoms with Gasteiger partial charge < -0.3 is 11.1 Å². The Labute approximate surface area is 171 Å². The van der Waals surface area contributed by atoms with Gasteiger partial charge in [0, 0.05) is 18.2 Å². The highest BCUT2D eigenvalue weighted by atomic mass is 16.2. The monoisotopic (exact) mass is 402 g/mol. The lowest BCUT2D eigenvalue weighted by Crippen LogP contribution is -2.24. The molecule has 0 atom stereocenters. The molecule has 3 amide bonds. The molecule has 0 unspecified atom stereocenters. The number of amides is 3. The number of aromatic nitrogens is 1. The van der Waals surface area contributed by atoms with Gasteiger partial charge in [0.1, 0.15) is 5.82 Å². The molecule has 30 heavy (non-hydrogen) atoms. The molecule has 8 nitrogen and oxygen atoms in total. The number of nitrogen functional groups attached to an aromatic ring is 1. The van der Waals surface area contributed by atoms with E-state index in [9.17, 15) is 19.2 Å². The van der Waals surface area contributed by atoms with E-state index < -0.39 is 17.4 Å². The Bertz CT molecular complexity index is 1210. The first-order valence-corrected chi connectivity index (χ1v) is 9.29. The van der Waals surface area contributed by atoms with Crippen LogP contribution in [0.4, 0.5) is 11.5 Å². The van der Waals surface area contributed by atoms with E-state index in [-0.39, 0.29) is 22.9 Å². The standard InChI is InChI=1S/C22H18N4O4/c23-20-19-16(21(29)25-22(19)30)12-18(28)26(20)15-9-7-14(8-10-15)24-17(27)11-6-13-4-2-1-3-5-13/h1-5,7-10,12H,6,11,23H2,(H,24,27)(H,25,29,30). The molecule has 1 aliphatic heterocycles. The van der Waals surface area contributed by atoms with E-state index in [1.807, 2.05) is 30.3 Å². The predicted octanol–water partition coefficient (Wildman–Crippen LogP) is 1.87. The van der Waals surface area contributed by atoms with Crippen LogP contribution in [0.25, 0.3) is 5.69 Å². The zero-order valence-electron chi connectivity index (χ0n) is 15.8. The molecular formula is C22H18N4O4. The van der Waals surface area contributed by atoms with Crippen LogP contribution in [0, 0.1) is 0 Å². The third-order valence-electron chi connectivity index (χ3n) is 4.85. The number of nitrogens with zero attached hydrogens (tertiary/aromatic N) is 1. The number of aryl methyl sites for hydroxylation is 1. The second-order valence-electron chi connectivity index (χ2n) is 6.86. The molecule has 0 saturated carbocycles. The molecule has 0 spiro atoms. The Balaban J connectivity index is 1.51. The van der Waals surface area contributed by atoms with Crippen molar-refractivity contribution in [2.75, 3.05) is 11.1 Å². The summed E-state index contributed by atoms with van der Waals surface area (Å²) in [5.74, 6) is -1.51. The van der Waals surface area contributed by atoms with Gasteiger partial charge >= 0.3 is 0 Å². The van der Waals surface area contributed by atoms with Crippen LogP contribution in [0.2, 0.25) is 0 Å². The van der Waals surface area contributed by atoms with Gasteiger partial charge in [-0.25, -0.2) is 0 Å². The molecule has 0 radical (unpaired) electrons. The lowest BCUT2D eigenvalue weighted by molar-refractivity contribution is -0.116. The first-order chi connectivity index (χ1) is 14.4. The molecule has 1 aromatic heterocycles. The molecule has 4 rings (SSSR count). The van der Waals surface area contributed by atoms with E-state index in [2.05, 4.69) is 10.6 Å². The lowest BCUT2D eigenvalue weighted by atomic mass is 10.1. The number of carbonyl (C=O) groups is 3. The van der Waals surface area contributed by atoms with Gasteiger partial charge in [-0.1, -0.05) is 30.3 Å². The summed E-state index contributed by atoms with van der Waals surface area (Å²) < 4.78 is 1.15. The van der Waals surface area contributed by atoms with Gasteiger partial charge in [-0.2, -0.15) is 0 Å². The summed E-state index contributed by atoms with van der Waals surface area (Å²) in [6.45, 7) is 0. The number of benzene rings is 2. The van der Waals surface area contributed by atoms with Crippen molar-refractivity contribution < 1.29 is 14.4 Å². The highest BCUT2D eigenvalue weighted by Crippen LogP contribution is 2.23. The van der Waals surface area contributed by atoms with E-state index in [1.165, 1.54) is 0 Å². The van der Waals surface area contributed by atoms with Crippen molar-refractivity contribution in [3.63, 3.8) is 0 Å². The van der Waals surface area contributed by atoms with Crippen molar-refractivity contribution in [3.8, 4) is 5.69 Å². The topological polar surface area (TPSA) is 123 Å². The van der Waals surface area contributed by atoms with Crippen LogP contribution in [-0.2, 0) is 11.2 Å². The zero-order valence-corrected chi connectivity index (χ0v) is 15.8. The molecule has 0 aliphatic carbocycles. The Hall–Kier alpha value is -4.20. The van der Waals surface area contributed by atoms with Crippen molar-refractivity contribution in [1.82, 2.24) is 9.88 Å². The number of hydrogen-bond donors (Lipinski definition) is 3. The Morgan fingerprint density at radius 1 is 0.967 bits per heavy atom. The summed E-state index contributed by atoms with van der Waals surface area (Å²) in [5.41, 5.74) is 7.50. The van der Waals surface area contributed by atoms with Crippen molar-refractivity contribution in [1.29, 1.82) is 0 Å². The molecule has 0 fully saturated rings. The number of imide groups is 1. The fraction of sp³-hybridized carbons (Fsp3) is 0.0909. The van der Waals surface area contributed by atoms with Gasteiger partial charge in [0.25, 0.3) is 17.4 Å². The molecule has 2 heterocycles. The Kier molecular flexibility index (Phi) is 4.89. The molecule has 0 bridgehead atoms. The van der Waals surface area contributed by atoms with Crippen LogP contribution in [0.5, 0.6) is 0 Å². The number of anilines is 2. The lowest BCUT2D eigenvalue weighted by Gasteiger charge is -2.12. The molecule has 0 saturated heterocycles. The minimum absolute atomic E-state index is 0.0158. The molecule has 3 aromatic rings. The highest BCUT2D eigenvalue weighted by Gasteiger charge is 2.31. The van der Waals surface area contributed by atoms with Crippen LogP contribution >= 0.6 is 0 Å². The van der Waals surface area contributed by atoms with Gasteiger partial charge in [0.15, 0.2) is 0 Å². The van der Waals surface area contributed by atoms with Crippen LogP contribution in [0.1, 0.15) is 32.7 Å². The molecule has 150 valence electrons. The molecule has 4 N–H and O–H groups in total. The van der Waals surface area contributed by atoms with Crippen molar-refractivity contribution in [3.05, 3.63) is 87.7 Å². The van der Waals surface area contributed by atoms with Crippen molar-refractivity contribution in [2.45, 2.75) is 12.8 Å². The van der Waals surface area contributed by atoms with Crippen LogP contribution < -0.4 is 21.9 Å². The molecular weight excluding hydrogens is 384 g/mol. The maximum absolute atomic E-state index is 12.5. The zero-order chi connectivity index (χ0) is 21.3. The summed E-state index contributed by atoms with van der Waals surface area (Å²) in [7, 11) is 0. The van der Waals surface area contributed by atoms with E-state index in [1.54, 1.807) is 24.3 Å². The normalized spacial score (nSPS) is 12.4. The van der Waals surface area contributed by atoms with Gasteiger partial charge in [0.2, 0.25) is 5.91 Å². The number of pyridine rings is 1. The van der Waals surface area contributed by atoms with Gasteiger partial charge in [0.05, 0.1) is 16.8 Å². The Morgan fingerprint density at radius 3 is 2.37 bits per heavy atom. The number of fused-ring (bicyclic) bond motifs is 1. The number of rotatable bonds is 5. The van der Waals surface area contributed by atoms with Crippen molar-refractivity contribution in [2.24, 2.45) is 0 Å². The smallest absolute Gasteiger partial charge is 0.262 e. The fourth-order valence-corrected chi connectivity index (χ4v) is 3.37. The van der Waals surface area contributed by atoms with E-state index in [0.29, 0.717) is 24.2 Å². The summed E-state index contributed by atoms with van der Waals surface area (Å²) in [4.78, 5) is 48.3. The van der Waals surface area contributed by atoms with E-state index in [0.717, 1.165) is 16.2 Å². The fourth-order valence-electron chi connectivity index (χ4n) is 3.37. The largest absolute Gasteiger partial charge is 0.384 e. The third-order valence-corrected chi connectivity index (χ3v) is 4.85. The van der Waals surface area contributed by atoms with Crippen LogP contribution in [0.15, 0.2) is 65.5 Å². The summed E-state index contributed by atoms with van der Waals surface area (Å²) in [6.07, 6.45) is 0.971. The first-order valence-electron chi connectivity index (χ1n) is 9.29. The molecule has 2 aromatic carbocycles. The van der Waals surface area contributed by atoms with Crippen LogP contribution in [-0.4, -0.2) is 22.3 Å². The number of hydrogen-bond acceptors (Lipinski definition) is 5. The van der Waals surface area contributed by atoms with Crippen molar-refractivity contribution >= 4 is 29.2 Å². The highest BCUT2D eigenvalue weighted by molar-refractivity contribution is 6.23. The summed E-state index contributed by atoms with van der Waals surface area (Å²) >= 11 is 0. The van der Waals surface area contributed by atoms with Crippen LogP contribution in [0.3, 0.4) is 0 Å². The first kappa shape index (κ1) is 19.1. The van der Waals surface area contributed by atoms with Gasteiger partial charge in [-0.05, 0) is 36.2 Å². The second kappa shape index (κ2) is 7.67. The number of nitrogens with two attached hydrogens (primary N) is 1. The summed E-state index contributed by atoms with van der Waals surface area (Å²) in [6, 6.07) is 17.3. The minimum Gasteiger partial charge on any atom is -0.384 e. The van der Waals surface area contributed by atoms with Gasteiger partial charge in [-0.15, -0.1) is 0 Å². The van der Waals surface area contributed by atoms with E-state index in [4.69, 9.17) is 5.73 Å². The third kappa shape index (κ3) is 3.58. The predicted molar refractivity (Wildman–Crippen MR) is 112 cm³/mol. The second-order valence-corrected chi connectivity index (χ2v) is 6.86. The average Bonchev–Trinajstić information content (AvgIpc) is 3.02. The quantitative estimate of drug-likeness (QED) is 0.562. The molecule has 8 heteroatoms. The Morgan fingerprint density at radius 2 is 1.67 bits per heavy atom. The SMILES string of the molecule is Nc1c2c(cc(=O)n1-c1ccc(NC(=O)CCc3ccccc3)cc1)C(=O)NC2=O. The average molecular weight is 402 g/mol. The summed E-state index contributed by atoms with van der Waals surface area (Å²) in [5, 5.41) is 4.93.